The summed E-state index contributed by atoms with van der Waals surface area (Å²) in [5.41, 5.74) is 0. The molecule has 0 fully saturated rings. The van der Waals surface area contributed by atoms with Crippen LogP contribution >= 0.6 is 0 Å². The Balaban J connectivity index is 2.86. The molecular weight excluding hydrogens is 185 g/mol. The second-order valence-electron chi connectivity index (χ2n) is 3.30. The van der Waals surface area contributed by atoms with Gasteiger partial charge in [-0.05, 0) is 0 Å². The Morgan fingerprint density at radius 2 is 1.83 bits per heavy atom. The fourth-order valence-electron chi connectivity index (χ4n) is 1.09. The zero-order valence-corrected chi connectivity index (χ0v) is 9.79. The van der Waals surface area contributed by atoms with E-state index in [4.69, 9.17) is 0 Å². The van der Waals surface area contributed by atoms with E-state index in [9.17, 15) is 0 Å². The summed E-state index contributed by atoms with van der Waals surface area (Å²) < 4.78 is 1.48. The first kappa shape index (κ1) is 12.4. The van der Waals surface area contributed by atoms with E-state index in [0.717, 1.165) is 0 Å². The Kier molecular flexibility index (Phi) is 9.83. The van der Waals surface area contributed by atoms with E-state index < -0.39 is 0 Å². The predicted octanol–water partition coefficient (Wildman–Crippen LogP) is 2.29. The number of rotatable bonds is 8. The molecule has 0 rings (SSSR count). The van der Waals surface area contributed by atoms with Crippen molar-refractivity contribution >= 4 is 4.23 Å². The van der Waals surface area contributed by atoms with Gasteiger partial charge in [0.1, 0.15) is 0 Å². The summed E-state index contributed by atoms with van der Waals surface area (Å²) in [5.74, 6) is 0. The quantitative estimate of drug-likeness (QED) is 0.601. The van der Waals surface area contributed by atoms with E-state index in [1.165, 1.54) is 49.4 Å². The average Bonchev–Trinajstić information content (AvgIpc) is 2.02. The molecule has 0 aromatic rings. The first-order chi connectivity index (χ1) is 5.77. The zero-order chi connectivity index (χ0) is 9.23. The maximum absolute atomic E-state index is 3.46. The van der Waals surface area contributed by atoms with E-state index in [2.05, 4.69) is 36.1 Å². The molecule has 0 spiro atoms. The van der Waals surface area contributed by atoms with Gasteiger partial charge in [-0.15, -0.1) is 0 Å². The van der Waals surface area contributed by atoms with Crippen LogP contribution in [0.25, 0.3) is 0 Å². The minimum absolute atomic E-state index is 1.18. The van der Waals surface area contributed by atoms with Crippen LogP contribution in [0.2, 0.25) is 0 Å². The third kappa shape index (κ3) is 10.4. The molecule has 0 saturated heterocycles. The fraction of sp³-hybridized carbons (Fsp3) is 0.900. The predicted molar refractivity (Wildman–Crippen MR) is 52.3 cm³/mol. The Morgan fingerprint density at radius 3 is 2.42 bits per heavy atom. The van der Waals surface area contributed by atoms with E-state index in [1.807, 2.05) is 0 Å². The summed E-state index contributed by atoms with van der Waals surface area (Å²) in [4.78, 5) is 0. The van der Waals surface area contributed by atoms with Gasteiger partial charge in [-0.2, -0.15) is 0 Å². The minimum atomic E-state index is 1.18. The van der Waals surface area contributed by atoms with Crippen molar-refractivity contribution < 1.29 is 17.0 Å². The van der Waals surface area contributed by atoms with Crippen LogP contribution in [0.5, 0.6) is 0 Å². The van der Waals surface area contributed by atoms with Gasteiger partial charge in [0.05, 0.1) is 0 Å². The molecule has 0 radical (unpaired) electrons. The van der Waals surface area contributed by atoms with E-state index in [0.29, 0.717) is 0 Å². The molecule has 71 valence electrons. The van der Waals surface area contributed by atoms with Crippen molar-refractivity contribution in [2.24, 2.45) is 0 Å². The topological polar surface area (TPSA) is 12.0 Å². The van der Waals surface area contributed by atoms with Crippen LogP contribution in [-0.2, 0) is 17.0 Å². The molecular formula is C10H21NV. The summed E-state index contributed by atoms with van der Waals surface area (Å²) in [6.45, 7) is 6.80. The van der Waals surface area contributed by atoms with E-state index >= 15 is 0 Å². The molecule has 0 saturated carbocycles. The van der Waals surface area contributed by atoms with Gasteiger partial charge < -0.3 is 0 Å². The van der Waals surface area contributed by atoms with Gasteiger partial charge >= 0.3 is 85.6 Å². The molecule has 0 aliphatic carbocycles. The summed E-state index contributed by atoms with van der Waals surface area (Å²) in [7, 11) is 0. The molecule has 2 heteroatoms. The van der Waals surface area contributed by atoms with Gasteiger partial charge in [-0.25, -0.2) is 0 Å². The first-order valence-corrected chi connectivity index (χ1v) is 5.69. The molecule has 12 heavy (non-hydrogen) atoms. The molecule has 1 nitrogen and oxygen atoms in total. The molecule has 0 bridgehead atoms. The monoisotopic (exact) mass is 206 g/mol. The van der Waals surface area contributed by atoms with E-state index in [1.54, 1.807) is 0 Å². The Hall–Kier alpha value is 0.414. The molecule has 1 N–H and O–H groups in total. The van der Waals surface area contributed by atoms with Crippen LogP contribution in [0.4, 0.5) is 0 Å². The van der Waals surface area contributed by atoms with Crippen molar-refractivity contribution in [3.8, 4) is 0 Å². The van der Waals surface area contributed by atoms with Gasteiger partial charge in [0, 0.05) is 0 Å². The van der Waals surface area contributed by atoms with Crippen LogP contribution < -0.4 is 5.32 Å². The van der Waals surface area contributed by atoms with Crippen LogP contribution in [0.1, 0.15) is 46.0 Å². The zero-order valence-electron chi connectivity index (χ0n) is 8.40. The molecule has 0 unspecified atom stereocenters. The molecule has 0 amide bonds. The van der Waals surface area contributed by atoms with Crippen molar-refractivity contribution in [3.63, 3.8) is 0 Å². The van der Waals surface area contributed by atoms with Gasteiger partial charge in [-0.3, -0.25) is 0 Å². The fourth-order valence-corrected chi connectivity index (χ4v) is 1.34. The second-order valence-corrected chi connectivity index (χ2v) is 4.49. The average molecular weight is 206 g/mol. The number of unbranched alkanes of at least 4 members (excludes halogenated alkanes) is 2. The van der Waals surface area contributed by atoms with Crippen LogP contribution in [0.15, 0.2) is 0 Å². The first-order valence-electron chi connectivity index (χ1n) is 4.99. The molecule has 0 aromatic heterocycles. The van der Waals surface area contributed by atoms with Crippen molar-refractivity contribution in [2.75, 3.05) is 13.1 Å². The number of nitrogens with one attached hydrogen (secondary N) is 1. The van der Waals surface area contributed by atoms with Gasteiger partial charge in [-0.1, -0.05) is 0 Å². The standard InChI is InChI=1S/C10H21N.V/c1-3-5-7-9-11-10-8-6-4-2;/h11H,3,5-10H2,1-2H3;. The van der Waals surface area contributed by atoms with Crippen molar-refractivity contribution in [2.45, 2.75) is 46.0 Å². The van der Waals surface area contributed by atoms with Crippen molar-refractivity contribution in [3.05, 3.63) is 0 Å². The summed E-state index contributed by atoms with van der Waals surface area (Å²) in [6, 6.07) is 0. The Labute approximate surface area is 85.8 Å². The van der Waals surface area contributed by atoms with Gasteiger partial charge in [0.25, 0.3) is 0 Å². The third-order valence-corrected chi connectivity index (χ3v) is 2.20. The van der Waals surface area contributed by atoms with Crippen LogP contribution in [0, 0.1) is 0 Å². The third-order valence-electron chi connectivity index (χ3n) is 1.85. The molecule has 0 aromatic carbocycles. The summed E-state index contributed by atoms with van der Waals surface area (Å²) in [6.07, 6.45) is 6.55. The van der Waals surface area contributed by atoms with E-state index in [-0.39, 0.29) is 0 Å². The molecule has 0 heterocycles. The Morgan fingerprint density at radius 1 is 1.17 bits per heavy atom. The normalized spacial score (nSPS) is 10.1. The van der Waals surface area contributed by atoms with Crippen molar-refractivity contribution in [1.29, 1.82) is 0 Å². The summed E-state index contributed by atoms with van der Waals surface area (Å²) in [5, 5.41) is 3.46. The van der Waals surface area contributed by atoms with Gasteiger partial charge in [0.15, 0.2) is 0 Å². The number of hydrogen-bond acceptors (Lipinski definition) is 1. The van der Waals surface area contributed by atoms with Gasteiger partial charge in [0.2, 0.25) is 0 Å². The summed E-state index contributed by atoms with van der Waals surface area (Å²) >= 11 is 2.62. The maximum atomic E-state index is 3.46. The van der Waals surface area contributed by atoms with Crippen LogP contribution in [-0.4, -0.2) is 17.3 Å². The van der Waals surface area contributed by atoms with Crippen molar-refractivity contribution in [1.82, 2.24) is 5.32 Å². The molecule has 0 atom stereocenters. The second kappa shape index (κ2) is 9.50. The SMILES string of the molecule is CCCCCNCCC[C](C)=[V]. The van der Waals surface area contributed by atoms with Crippen LogP contribution in [0.3, 0.4) is 0 Å². The molecule has 0 aliphatic heterocycles. The Bertz CT molecular complexity index is 112. The number of hydrogen-bond donors (Lipinski definition) is 1. The molecule has 0 aliphatic rings.